The number of nitrogens with two attached hydrogens (primary N) is 1. The highest BCUT2D eigenvalue weighted by atomic mass is 35.5. The average Bonchev–Trinajstić information content (AvgIpc) is 2.71. The van der Waals surface area contributed by atoms with Gasteiger partial charge >= 0.3 is 0 Å². The van der Waals surface area contributed by atoms with E-state index in [9.17, 15) is 0 Å². The lowest BCUT2D eigenvalue weighted by atomic mass is 10.0. The van der Waals surface area contributed by atoms with Crippen molar-refractivity contribution < 1.29 is 9.47 Å². The molecule has 0 aromatic heterocycles. The van der Waals surface area contributed by atoms with E-state index < -0.39 is 5.79 Å². The number of hydrogen-bond acceptors (Lipinski definition) is 3. The van der Waals surface area contributed by atoms with Crippen molar-refractivity contribution in [2.24, 2.45) is 5.73 Å². The zero-order chi connectivity index (χ0) is 20.1. The Balaban J connectivity index is 1.93. The third-order valence-corrected chi connectivity index (χ3v) is 5.55. The molecule has 0 amide bonds. The van der Waals surface area contributed by atoms with Crippen LogP contribution in [0.25, 0.3) is 0 Å². The smallest absolute Gasteiger partial charge is 0.274 e. The first-order valence-corrected chi connectivity index (χ1v) is 10.3. The molecule has 5 heteroatoms. The second-order valence-corrected chi connectivity index (χ2v) is 7.56. The van der Waals surface area contributed by atoms with Crippen LogP contribution >= 0.6 is 23.2 Å². The van der Waals surface area contributed by atoms with Crippen molar-refractivity contribution >= 4 is 23.2 Å². The summed E-state index contributed by atoms with van der Waals surface area (Å²) in [6.45, 7) is 4.61. The van der Waals surface area contributed by atoms with Crippen molar-refractivity contribution in [3.05, 3.63) is 81.4 Å². The minimum atomic E-state index is -0.962. The zero-order valence-electron chi connectivity index (χ0n) is 16.2. The van der Waals surface area contributed by atoms with Crippen LogP contribution in [0.1, 0.15) is 31.4 Å². The fraction of sp³-hybridized carbons (Fsp3) is 0.304. The first kappa shape index (κ1) is 20.8. The van der Waals surface area contributed by atoms with Gasteiger partial charge in [0.1, 0.15) is 11.5 Å². The van der Waals surface area contributed by atoms with Gasteiger partial charge < -0.3 is 15.2 Å². The van der Waals surface area contributed by atoms with E-state index in [2.05, 4.69) is 13.8 Å². The molecule has 0 bridgehead atoms. The highest BCUT2D eigenvalue weighted by Gasteiger charge is 2.33. The maximum Gasteiger partial charge on any atom is 0.274 e. The van der Waals surface area contributed by atoms with E-state index >= 15 is 0 Å². The molecule has 28 heavy (non-hydrogen) atoms. The normalized spacial score (nSPS) is 15.2. The van der Waals surface area contributed by atoms with Crippen LogP contribution < -0.4 is 15.2 Å². The maximum absolute atomic E-state index is 6.35. The molecular weight excluding hydrogens is 393 g/mol. The highest BCUT2D eigenvalue weighted by molar-refractivity contribution is 6.31. The van der Waals surface area contributed by atoms with Gasteiger partial charge in [0.2, 0.25) is 0 Å². The number of benzene rings is 2. The Kier molecular flexibility index (Phi) is 6.71. The number of halogens is 2. The Bertz CT molecular complexity index is 850. The van der Waals surface area contributed by atoms with Crippen LogP contribution in [0.3, 0.4) is 0 Å². The van der Waals surface area contributed by atoms with E-state index in [1.165, 1.54) is 0 Å². The molecule has 2 aromatic rings. The maximum atomic E-state index is 6.35. The molecule has 0 unspecified atom stereocenters. The molecule has 1 aliphatic rings. The number of rotatable bonds is 7. The predicted molar refractivity (Wildman–Crippen MR) is 117 cm³/mol. The third-order valence-electron chi connectivity index (χ3n) is 4.81. The Hall–Kier alpha value is -1.94. The Morgan fingerprint density at radius 2 is 1.46 bits per heavy atom. The van der Waals surface area contributed by atoms with Crippen LogP contribution in [0.4, 0.5) is 0 Å². The molecule has 2 N–H and O–H groups in total. The van der Waals surface area contributed by atoms with Crippen molar-refractivity contribution in [1.29, 1.82) is 0 Å². The molecule has 0 aliphatic heterocycles. The van der Waals surface area contributed by atoms with Crippen LogP contribution in [0.15, 0.2) is 60.2 Å². The molecule has 3 nitrogen and oxygen atoms in total. The van der Waals surface area contributed by atoms with Gasteiger partial charge in [0.15, 0.2) is 0 Å². The van der Waals surface area contributed by atoms with Crippen molar-refractivity contribution in [3.63, 3.8) is 0 Å². The Morgan fingerprint density at radius 1 is 0.929 bits per heavy atom. The fourth-order valence-corrected chi connectivity index (χ4v) is 3.64. The van der Waals surface area contributed by atoms with Gasteiger partial charge in [-0.15, -0.1) is 0 Å². The van der Waals surface area contributed by atoms with Gasteiger partial charge in [0.25, 0.3) is 5.79 Å². The summed E-state index contributed by atoms with van der Waals surface area (Å²) in [6.07, 6.45) is 8.13. The summed E-state index contributed by atoms with van der Waals surface area (Å²) in [6, 6.07) is 11.4. The van der Waals surface area contributed by atoms with E-state index in [0.29, 0.717) is 24.5 Å². The molecular formula is C23H25Cl2NO2. The quantitative estimate of drug-likeness (QED) is 0.551. The number of hydrogen-bond donors (Lipinski definition) is 1. The minimum Gasteiger partial charge on any atom is -0.448 e. The largest absolute Gasteiger partial charge is 0.448 e. The van der Waals surface area contributed by atoms with Gasteiger partial charge in [-0.05, 0) is 65.9 Å². The Labute approximate surface area is 176 Å². The summed E-state index contributed by atoms with van der Waals surface area (Å²) >= 11 is 12.5. The molecule has 0 radical (unpaired) electrons. The standard InChI is InChI=1S/C23H25Cl2NO2/c1-3-17-13-19(5-7-21(17)24)27-23(11-9-16(15-26)10-12-23)28-20-6-8-22(25)18(4-2)14-20/h5-11,13-14H,3-4,12,15,26H2,1-2H3. The monoisotopic (exact) mass is 417 g/mol. The van der Waals surface area contributed by atoms with Gasteiger partial charge in [-0.3, -0.25) is 0 Å². The van der Waals surface area contributed by atoms with E-state index in [4.69, 9.17) is 38.4 Å². The summed E-state index contributed by atoms with van der Waals surface area (Å²) in [7, 11) is 0. The molecule has 3 rings (SSSR count). The molecule has 0 saturated heterocycles. The van der Waals surface area contributed by atoms with Crippen molar-refractivity contribution in [1.82, 2.24) is 0 Å². The van der Waals surface area contributed by atoms with Crippen molar-refractivity contribution in [2.75, 3.05) is 6.54 Å². The third kappa shape index (κ3) is 4.72. The van der Waals surface area contributed by atoms with E-state index in [-0.39, 0.29) is 0 Å². The van der Waals surface area contributed by atoms with Crippen LogP contribution in [0.5, 0.6) is 11.5 Å². The van der Waals surface area contributed by atoms with Gasteiger partial charge in [0, 0.05) is 29.1 Å². The van der Waals surface area contributed by atoms with Gasteiger partial charge in [0.05, 0.1) is 0 Å². The molecule has 0 atom stereocenters. The molecule has 0 fully saturated rings. The summed E-state index contributed by atoms with van der Waals surface area (Å²) in [5.74, 6) is 0.455. The number of aryl methyl sites for hydroxylation is 2. The fourth-order valence-electron chi connectivity index (χ4n) is 3.14. The topological polar surface area (TPSA) is 44.5 Å². The van der Waals surface area contributed by atoms with Crippen LogP contribution in [-0.2, 0) is 12.8 Å². The SMILES string of the molecule is CCc1cc(OC2(Oc3ccc(Cl)c(CC)c3)C=CC(CN)=CC2)ccc1Cl. The average molecular weight is 418 g/mol. The summed E-state index contributed by atoms with van der Waals surface area (Å²) in [4.78, 5) is 0. The van der Waals surface area contributed by atoms with Crippen LogP contribution in [-0.4, -0.2) is 12.3 Å². The predicted octanol–water partition coefficient (Wildman–Crippen LogP) is 6.12. The molecule has 0 saturated carbocycles. The highest BCUT2D eigenvalue weighted by Crippen LogP contribution is 2.34. The minimum absolute atomic E-state index is 0.481. The van der Waals surface area contributed by atoms with E-state index in [0.717, 1.165) is 39.6 Å². The van der Waals surface area contributed by atoms with Gasteiger partial charge in [-0.25, -0.2) is 0 Å². The van der Waals surface area contributed by atoms with Crippen LogP contribution in [0, 0.1) is 0 Å². The molecule has 1 aliphatic carbocycles. The second kappa shape index (κ2) is 9.04. The lowest BCUT2D eigenvalue weighted by Crippen LogP contribution is -2.41. The summed E-state index contributed by atoms with van der Waals surface area (Å²) in [5.41, 5.74) is 8.90. The molecule has 2 aromatic carbocycles. The zero-order valence-corrected chi connectivity index (χ0v) is 17.7. The van der Waals surface area contributed by atoms with Gasteiger partial charge in [-0.2, -0.15) is 0 Å². The first-order chi connectivity index (χ1) is 13.5. The molecule has 0 heterocycles. The van der Waals surface area contributed by atoms with Crippen LogP contribution in [0.2, 0.25) is 10.0 Å². The Morgan fingerprint density at radius 3 is 1.86 bits per heavy atom. The van der Waals surface area contributed by atoms with E-state index in [1.807, 2.05) is 54.6 Å². The van der Waals surface area contributed by atoms with Gasteiger partial charge in [-0.1, -0.05) is 49.2 Å². The van der Waals surface area contributed by atoms with Crippen molar-refractivity contribution in [2.45, 2.75) is 38.9 Å². The lowest BCUT2D eigenvalue weighted by Gasteiger charge is -2.33. The number of ether oxygens (including phenoxy) is 2. The second-order valence-electron chi connectivity index (χ2n) is 6.75. The molecule has 148 valence electrons. The molecule has 0 spiro atoms. The summed E-state index contributed by atoms with van der Waals surface area (Å²) in [5, 5.41) is 1.47. The lowest BCUT2D eigenvalue weighted by molar-refractivity contribution is -0.0691. The van der Waals surface area contributed by atoms with E-state index in [1.54, 1.807) is 0 Å². The first-order valence-electron chi connectivity index (χ1n) is 9.51. The van der Waals surface area contributed by atoms with Crippen molar-refractivity contribution in [3.8, 4) is 11.5 Å². The summed E-state index contributed by atoms with van der Waals surface area (Å²) < 4.78 is 12.7.